The zero-order chi connectivity index (χ0) is 11.4. The molecule has 0 atom stereocenters. The summed E-state index contributed by atoms with van der Waals surface area (Å²) in [4.78, 5) is 15.6. The summed E-state index contributed by atoms with van der Waals surface area (Å²) >= 11 is 0. The van der Waals surface area contributed by atoms with Gasteiger partial charge in [0.1, 0.15) is 11.8 Å². The van der Waals surface area contributed by atoms with Crippen molar-refractivity contribution in [2.75, 3.05) is 5.32 Å². The van der Waals surface area contributed by atoms with E-state index in [1.165, 1.54) is 6.33 Å². The van der Waals surface area contributed by atoms with Crippen molar-refractivity contribution in [2.24, 2.45) is 0 Å². The zero-order valence-electron chi connectivity index (χ0n) is 9.18. The SMILES string of the molecule is CCCCC(=O)Nc1ncnn2cccc12. The number of fused-ring (bicyclic) bond motifs is 1. The Balaban J connectivity index is 2.14. The number of carbonyl (C=O) groups is 1. The van der Waals surface area contributed by atoms with E-state index in [9.17, 15) is 4.79 Å². The van der Waals surface area contributed by atoms with Gasteiger partial charge in [0, 0.05) is 12.6 Å². The summed E-state index contributed by atoms with van der Waals surface area (Å²) in [5.41, 5.74) is 0.812. The number of aromatic nitrogens is 3. The third kappa shape index (κ3) is 2.18. The van der Waals surface area contributed by atoms with Crippen LogP contribution in [0.1, 0.15) is 26.2 Å². The van der Waals surface area contributed by atoms with E-state index in [1.807, 2.05) is 18.3 Å². The van der Waals surface area contributed by atoms with Gasteiger partial charge in [-0.15, -0.1) is 0 Å². The Hall–Kier alpha value is -1.91. The molecule has 0 saturated heterocycles. The minimum atomic E-state index is 0.00338. The number of amides is 1. The van der Waals surface area contributed by atoms with Crippen LogP contribution in [0.25, 0.3) is 5.52 Å². The number of nitrogens with zero attached hydrogens (tertiary/aromatic N) is 3. The number of carbonyl (C=O) groups excluding carboxylic acids is 1. The maximum Gasteiger partial charge on any atom is 0.225 e. The lowest BCUT2D eigenvalue weighted by Crippen LogP contribution is -2.13. The molecule has 2 aromatic heterocycles. The Morgan fingerprint density at radius 2 is 2.44 bits per heavy atom. The second-order valence-electron chi connectivity index (χ2n) is 3.60. The third-order valence-corrected chi connectivity index (χ3v) is 2.35. The van der Waals surface area contributed by atoms with Crippen LogP contribution in [0.5, 0.6) is 0 Å². The van der Waals surface area contributed by atoms with Crippen molar-refractivity contribution in [2.45, 2.75) is 26.2 Å². The average molecular weight is 218 g/mol. The van der Waals surface area contributed by atoms with Crippen molar-refractivity contribution in [1.29, 1.82) is 0 Å². The molecule has 0 aromatic carbocycles. The van der Waals surface area contributed by atoms with Crippen LogP contribution < -0.4 is 5.32 Å². The fraction of sp³-hybridized carbons (Fsp3) is 0.364. The monoisotopic (exact) mass is 218 g/mol. The number of hydrogen-bond donors (Lipinski definition) is 1. The van der Waals surface area contributed by atoms with Gasteiger partial charge in [-0.25, -0.2) is 9.50 Å². The minimum absolute atomic E-state index is 0.00338. The summed E-state index contributed by atoms with van der Waals surface area (Å²) in [5.74, 6) is 0.574. The fourth-order valence-corrected chi connectivity index (χ4v) is 1.49. The molecule has 5 nitrogen and oxygen atoms in total. The first-order chi connectivity index (χ1) is 7.81. The highest BCUT2D eigenvalue weighted by molar-refractivity contribution is 5.93. The van der Waals surface area contributed by atoms with Crippen molar-refractivity contribution < 1.29 is 4.79 Å². The number of anilines is 1. The number of hydrogen-bond acceptors (Lipinski definition) is 3. The predicted molar refractivity (Wildman–Crippen MR) is 61.1 cm³/mol. The van der Waals surface area contributed by atoms with Gasteiger partial charge >= 0.3 is 0 Å². The molecule has 0 aliphatic heterocycles. The zero-order valence-corrected chi connectivity index (χ0v) is 9.18. The van der Waals surface area contributed by atoms with Crippen LogP contribution in [0.2, 0.25) is 0 Å². The van der Waals surface area contributed by atoms with E-state index in [0.29, 0.717) is 12.2 Å². The smallest absolute Gasteiger partial charge is 0.225 e. The van der Waals surface area contributed by atoms with Crippen LogP contribution in [-0.4, -0.2) is 20.5 Å². The Labute approximate surface area is 93.5 Å². The molecule has 1 N–H and O–H groups in total. The van der Waals surface area contributed by atoms with Gasteiger partial charge in [0.05, 0.1) is 0 Å². The van der Waals surface area contributed by atoms with Gasteiger partial charge in [-0.3, -0.25) is 4.79 Å². The second-order valence-corrected chi connectivity index (χ2v) is 3.60. The van der Waals surface area contributed by atoms with E-state index in [0.717, 1.165) is 18.4 Å². The maximum absolute atomic E-state index is 11.6. The first-order valence-electron chi connectivity index (χ1n) is 5.39. The topological polar surface area (TPSA) is 59.3 Å². The van der Waals surface area contributed by atoms with Crippen molar-refractivity contribution in [1.82, 2.24) is 14.6 Å². The average Bonchev–Trinajstić information content (AvgIpc) is 2.75. The molecule has 0 saturated carbocycles. The highest BCUT2D eigenvalue weighted by Crippen LogP contribution is 2.12. The Kier molecular flexibility index (Phi) is 3.14. The molecule has 0 aliphatic carbocycles. The van der Waals surface area contributed by atoms with E-state index in [-0.39, 0.29) is 5.91 Å². The molecule has 0 bridgehead atoms. The number of rotatable bonds is 4. The van der Waals surface area contributed by atoms with Crippen molar-refractivity contribution in [3.63, 3.8) is 0 Å². The molecular weight excluding hydrogens is 204 g/mol. The Morgan fingerprint density at radius 3 is 3.25 bits per heavy atom. The lowest BCUT2D eigenvalue weighted by Gasteiger charge is -2.04. The Morgan fingerprint density at radius 1 is 1.56 bits per heavy atom. The molecule has 84 valence electrons. The van der Waals surface area contributed by atoms with Gasteiger partial charge in [-0.1, -0.05) is 13.3 Å². The van der Waals surface area contributed by atoms with Crippen molar-refractivity contribution in [3.05, 3.63) is 24.7 Å². The van der Waals surface area contributed by atoms with Crippen LogP contribution in [0.3, 0.4) is 0 Å². The molecule has 0 unspecified atom stereocenters. The first-order valence-corrected chi connectivity index (χ1v) is 5.39. The van der Waals surface area contributed by atoms with Crippen LogP contribution in [-0.2, 0) is 4.79 Å². The highest BCUT2D eigenvalue weighted by Gasteiger charge is 2.06. The maximum atomic E-state index is 11.6. The molecule has 0 aliphatic rings. The van der Waals surface area contributed by atoms with Crippen LogP contribution in [0.15, 0.2) is 24.7 Å². The molecule has 2 aromatic rings. The molecule has 5 heteroatoms. The number of nitrogens with one attached hydrogen (secondary N) is 1. The third-order valence-electron chi connectivity index (χ3n) is 2.35. The lowest BCUT2D eigenvalue weighted by atomic mass is 10.2. The summed E-state index contributed by atoms with van der Waals surface area (Å²) in [6.07, 6.45) is 5.69. The summed E-state index contributed by atoms with van der Waals surface area (Å²) in [6.45, 7) is 2.06. The minimum Gasteiger partial charge on any atom is -0.309 e. The molecule has 0 fully saturated rings. The van der Waals surface area contributed by atoms with Gasteiger partial charge < -0.3 is 5.32 Å². The molecular formula is C11H14N4O. The summed E-state index contributed by atoms with van der Waals surface area (Å²) in [6, 6.07) is 3.74. The van der Waals surface area contributed by atoms with E-state index in [1.54, 1.807) is 4.52 Å². The van der Waals surface area contributed by atoms with Gasteiger partial charge in [-0.2, -0.15) is 5.10 Å². The van der Waals surface area contributed by atoms with Gasteiger partial charge in [-0.05, 0) is 18.6 Å². The largest absolute Gasteiger partial charge is 0.309 e. The fourth-order valence-electron chi connectivity index (χ4n) is 1.49. The molecule has 16 heavy (non-hydrogen) atoms. The van der Waals surface area contributed by atoms with Crippen molar-refractivity contribution >= 4 is 17.2 Å². The molecule has 0 radical (unpaired) electrons. The van der Waals surface area contributed by atoms with Crippen LogP contribution in [0, 0.1) is 0 Å². The first kappa shape index (κ1) is 10.6. The van der Waals surface area contributed by atoms with E-state index in [2.05, 4.69) is 22.3 Å². The standard InChI is InChI=1S/C11H14N4O/c1-2-3-6-10(16)14-11-9-5-4-7-15(9)13-8-12-11/h4-5,7-8H,2-3,6H2,1H3,(H,12,13,14,16). The van der Waals surface area contributed by atoms with E-state index < -0.39 is 0 Å². The predicted octanol–water partition coefficient (Wildman–Crippen LogP) is 1.86. The molecule has 2 heterocycles. The summed E-state index contributed by atoms with van der Waals surface area (Å²) < 4.78 is 1.68. The van der Waals surface area contributed by atoms with Crippen molar-refractivity contribution in [3.8, 4) is 0 Å². The molecule has 1 amide bonds. The lowest BCUT2D eigenvalue weighted by molar-refractivity contribution is -0.116. The van der Waals surface area contributed by atoms with Crippen LogP contribution >= 0.6 is 0 Å². The normalized spacial score (nSPS) is 10.6. The van der Waals surface area contributed by atoms with E-state index in [4.69, 9.17) is 0 Å². The van der Waals surface area contributed by atoms with Gasteiger partial charge in [0.15, 0.2) is 5.82 Å². The Bertz CT molecular complexity index is 491. The second kappa shape index (κ2) is 4.74. The summed E-state index contributed by atoms with van der Waals surface area (Å²) in [5, 5.41) is 6.82. The van der Waals surface area contributed by atoms with Gasteiger partial charge in [0.2, 0.25) is 5.91 Å². The quantitative estimate of drug-likeness (QED) is 0.852. The van der Waals surface area contributed by atoms with Gasteiger partial charge in [0.25, 0.3) is 0 Å². The van der Waals surface area contributed by atoms with E-state index >= 15 is 0 Å². The van der Waals surface area contributed by atoms with Crippen LogP contribution in [0.4, 0.5) is 5.82 Å². The molecule has 0 spiro atoms. The highest BCUT2D eigenvalue weighted by atomic mass is 16.1. The summed E-state index contributed by atoms with van der Waals surface area (Å²) in [7, 11) is 0. The number of unbranched alkanes of at least 4 members (excludes halogenated alkanes) is 1. The molecule has 2 rings (SSSR count).